The van der Waals surface area contributed by atoms with Gasteiger partial charge in [-0.05, 0) is 38.1 Å². The van der Waals surface area contributed by atoms with Gasteiger partial charge in [-0.3, -0.25) is 0 Å². The molecule has 0 aromatic rings. The Morgan fingerprint density at radius 2 is 1.76 bits per heavy atom. The third kappa shape index (κ3) is 5.85. The van der Waals surface area contributed by atoms with E-state index in [9.17, 15) is 8.42 Å². The van der Waals surface area contributed by atoms with Crippen LogP contribution in [0.25, 0.3) is 0 Å². The molecule has 0 amide bonds. The molecule has 1 aliphatic rings. The summed E-state index contributed by atoms with van der Waals surface area (Å²) in [7, 11) is -3.34. The van der Waals surface area contributed by atoms with Crippen molar-refractivity contribution in [1.82, 2.24) is 13.9 Å². The van der Waals surface area contributed by atoms with Crippen molar-refractivity contribution in [3.8, 4) is 0 Å². The number of nitrogens with one attached hydrogen (secondary N) is 1. The van der Waals surface area contributed by atoms with E-state index in [1.54, 1.807) is 8.61 Å². The first kappa shape index (κ1) is 18.9. The number of nitrogens with zero attached hydrogens (tertiary/aromatic N) is 2. The van der Waals surface area contributed by atoms with Gasteiger partial charge in [0, 0.05) is 32.2 Å². The van der Waals surface area contributed by atoms with Crippen molar-refractivity contribution in [3.05, 3.63) is 0 Å². The van der Waals surface area contributed by atoms with Crippen LogP contribution in [0.1, 0.15) is 53.4 Å². The predicted octanol–water partition coefficient (Wildman–Crippen LogP) is 2.06. The van der Waals surface area contributed by atoms with Crippen LogP contribution in [0.3, 0.4) is 0 Å². The molecule has 0 bridgehead atoms. The second kappa shape index (κ2) is 9.08. The summed E-state index contributed by atoms with van der Waals surface area (Å²) in [6, 6.07) is 0.309. The average Bonchev–Trinajstić information content (AvgIpc) is 2.90. The molecule has 1 aliphatic heterocycles. The van der Waals surface area contributed by atoms with E-state index < -0.39 is 10.2 Å². The standard InChI is InChI=1S/C15H33N3O2S/c1-5-10-17(11-6-2)21(19,20)18(12-14(3)4)13-15-8-7-9-16-15/h14-16H,5-13H2,1-4H3. The van der Waals surface area contributed by atoms with Gasteiger partial charge in [-0.1, -0.05) is 27.7 Å². The summed E-state index contributed by atoms with van der Waals surface area (Å²) in [5.41, 5.74) is 0. The highest BCUT2D eigenvalue weighted by Crippen LogP contribution is 2.16. The van der Waals surface area contributed by atoms with Crippen LogP contribution in [0.2, 0.25) is 0 Å². The minimum atomic E-state index is -3.34. The van der Waals surface area contributed by atoms with E-state index in [0.29, 0.717) is 38.1 Å². The number of hydrogen-bond donors (Lipinski definition) is 1. The average molecular weight is 320 g/mol. The van der Waals surface area contributed by atoms with Gasteiger partial charge in [0.05, 0.1) is 0 Å². The van der Waals surface area contributed by atoms with Gasteiger partial charge in [0.2, 0.25) is 0 Å². The van der Waals surface area contributed by atoms with E-state index in [4.69, 9.17) is 0 Å². The molecule has 1 unspecified atom stereocenters. The third-order valence-corrected chi connectivity index (χ3v) is 5.72. The van der Waals surface area contributed by atoms with Crippen LogP contribution in [-0.2, 0) is 10.2 Å². The largest absolute Gasteiger partial charge is 0.313 e. The Hall–Kier alpha value is -0.170. The molecule has 0 spiro atoms. The first-order valence-electron chi connectivity index (χ1n) is 8.40. The van der Waals surface area contributed by atoms with Crippen molar-refractivity contribution >= 4 is 10.2 Å². The maximum atomic E-state index is 13.0. The predicted molar refractivity (Wildman–Crippen MR) is 88.5 cm³/mol. The highest BCUT2D eigenvalue weighted by Gasteiger charge is 2.31. The fourth-order valence-corrected chi connectivity index (χ4v) is 4.84. The molecule has 21 heavy (non-hydrogen) atoms. The van der Waals surface area contributed by atoms with Gasteiger partial charge >= 0.3 is 0 Å². The van der Waals surface area contributed by atoms with E-state index in [1.807, 2.05) is 13.8 Å². The molecule has 1 atom stereocenters. The fourth-order valence-electron chi connectivity index (χ4n) is 2.83. The quantitative estimate of drug-likeness (QED) is 0.670. The van der Waals surface area contributed by atoms with Crippen molar-refractivity contribution in [1.29, 1.82) is 0 Å². The van der Waals surface area contributed by atoms with Crippen LogP contribution in [0.4, 0.5) is 0 Å². The Kier molecular flexibility index (Phi) is 8.16. The fraction of sp³-hybridized carbons (Fsp3) is 1.00. The number of hydrogen-bond acceptors (Lipinski definition) is 3. The molecule has 0 saturated carbocycles. The van der Waals surface area contributed by atoms with Gasteiger partial charge in [-0.25, -0.2) is 0 Å². The van der Waals surface area contributed by atoms with Crippen molar-refractivity contribution in [2.75, 3.05) is 32.7 Å². The summed E-state index contributed by atoms with van der Waals surface area (Å²) in [4.78, 5) is 0. The normalized spacial score (nSPS) is 20.0. The first-order valence-corrected chi connectivity index (χ1v) is 9.80. The summed E-state index contributed by atoms with van der Waals surface area (Å²) in [6.45, 7) is 11.7. The van der Waals surface area contributed by atoms with Crippen LogP contribution in [-0.4, -0.2) is 55.8 Å². The molecule has 0 aliphatic carbocycles. The molecular formula is C15H33N3O2S. The van der Waals surface area contributed by atoms with Gasteiger partial charge in [0.1, 0.15) is 0 Å². The molecular weight excluding hydrogens is 286 g/mol. The highest BCUT2D eigenvalue weighted by molar-refractivity contribution is 7.86. The molecule has 5 nitrogen and oxygen atoms in total. The molecule has 1 saturated heterocycles. The molecule has 1 heterocycles. The van der Waals surface area contributed by atoms with Crippen molar-refractivity contribution in [2.45, 2.75) is 59.4 Å². The van der Waals surface area contributed by atoms with E-state index in [-0.39, 0.29) is 0 Å². The van der Waals surface area contributed by atoms with Crippen LogP contribution in [0, 0.1) is 5.92 Å². The summed E-state index contributed by atoms with van der Waals surface area (Å²) in [5.74, 6) is 0.339. The maximum Gasteiger partial charge on any atom is 0.282 e. The van der Waals surface area contributed by atoms with Gasteiger partial charge in [-0.15, -0.1) is 0 Å². The topological polar surface area (TPSA) is 52.7 Å². The van der Waals surface area contributed by atoms with Crippen molar-refractivity contribution in [3.63, 3.8) is 0 Å². The van der Waals surface area contributed by atoms with Crippen LogP contribution in [0.5, 0.6) is 0 Å². The van der Waals surface area contributed by atoms with Crippen LogP contribution < -0.4 is 5.32 Å². The van der Waals surface area contributed by atoms with E-state index >= 15 is 0 Å². The molecule has 1 rings (SSSR count). The van der Waals surface area contributed by atoms with Crippen LogP contribution >= 0.6 is 0 Å². The Balaban J connectivity index is 2.85. The third-order valence-electron chi connectivity index (χ3n) is 3.75. The van der Waals surface area contributed by atoms with E-state index in [2.05, 4.69) is 19.2 Å². The Labute approximate surface area is 131 Å². The van der Waals surface area contributed by atoms with Gasteiger partial charge in [0.15, 0.2) is 0 Å². The minimum absolute atomic E-state index is 0.309. The van der Waals surface area contributed by atoms with Gasteiger partial charge in [-0.2, -0.15) is 17.0 Å². The lowest BCUT2D eigenvalue weighted by Crippen LogP contribution is -2.49. The van der Waals surface area contributed by atoms with E-state index in [0.717, 1.165) is 32.2 Å². The Morgan fingerprint density at radius 3 is 2.19 bits per heavy atom. The highest BCUT2D eigenvalue weighted by atomic mass is 32.2. The molecule has 1 fully saturated rings. The molecule has 0 radical (unpaired) electrons. The summed E-state index contributed by atoms with van der Waals surface area (Å²) >= 11 is 0. The molecule has 0 aromatic heterocycles. The molecule has 126 valence electrons. The summed E-state index contributed by atoms with van der Waals surface area (Å²) in [6.07, 6.45) is 3.94. The Morgan fingerprint density at radius 1 is 1.14 bits per heavy atom. The molecule has 6 heteroatoms. The zero-order chi connectivity index (χ0) is 15.9. The van der Waals surface area contributed by atoms with Gasteiger partial charge in [0.25, 0.3) is 10.2 Å². The van der Waals surface area contributed by atoms with Crippen molar-refractivity contribution in [2.24, 2.45) is 5.92 Å². The smallest absolute Gasteiger partial charge is 0.282 e. The molecule has 0 aromatic carbocycles. The number of rotatable bonds is 10. The lowest BCUT2D eigenvalue weighted by Gasteiger charge is -2.32. The molecule has 1 N–H and O–H groups in total. The second-order valence-electron chi connectivity index (χ2n) is 6.41. The van der Waals surface area contributed by atoms with Crippen molar-refractivity contribution < 1.29 is 8.42 Å². The summed E-state index contributed by atoms with van der Waals surface area (Å²) in [5, 5.41) is 3.41. The van der Waals surface area contributed by atoms with Crippen LogP contribution in [0.15, 0.2) is 0 Å². The zero-order valence-corrected chi connectivity index (χ0v) is 15.0. The Bertz CT molecular complexity index is 372. The minimum Gasteiger partial charge on any atom is -0.313 e. The zero-order valence-electron chi connectivity index (χ0n) is 14.1. The van der Waals surface area contributed by atoms with Gasteiger partial charge < -0.3 is 5.32 Å². The monoisotopic (exact) mass is 319 g/mol. The summed E-state index contributed by atoms with van der Waals surface area (Å²) < 4.78 is 29.3. The second-order valence-corrected chi connectivity index (χ2v) is 8.34. The van der Waals surface area contributed by atoms with E-state index in [1.165, 1.54) is 0 Å². The first-order chi connectivity index (χ1) is 9.91. The maximum absolute atomic E-state index is 13.0. The SMILES string of the molecule is CCCN(CCC)S(=O)(=O)N(CC(C)C)CC1CCCN1. The lowest BCUT2D eigenvalue weighted by atomic mass is 10.2. The lowest BCUT2D eigenvalue weighted by molar-refractivity contribution is 0.296.